The van der Waals surface area contributed by atoms with E-state index in [1.807, 2.05) is 0 Å². The predicted octanol–water partition coefficient (Wildman–Crippen LogP) is 1.44. The zero-order valence-corrected chi connectivity index (χ0v) is 16.6. The van der Waals surface area contributed by atoms with Gasteiger partial charge >= 0.3 is 17.6 Å². The number of rotatable bonds is 7. The molecule has 1 saturated heterocycles. The number of carbonyl (C=O) groups excluding carboxylic acids is 2. The Morgan fingerprint density at radius 2 is 2.14 bits per heavy atom. The molecule has 9 nitrogen and oxygen atoms in total. The fourth-order valence-corrected chi connectivity index (χ4v) is 3.20. The molecule has 154 valence electrons. The summed E-state index contributed by atoms with van der Waals surface area (Å²) in [7, 11) is 1.30. The first-order valence-electron chi connectivity index (χ1n) is 9.08. The first-order chi connectivity index (χ1) is 13.1. The molecule has 0 amide bonds. The quantitative estimate of drug-likeness (QED) is 0.545. The summed E-state index contributed by atoms with van der Waals surface area (Å²) in [5, 5.41) is 0. The van der Waals surface area contributed by atoms with Gasteiger partial charge in [-0.05, 0) is 12.5 Å². The van der Waals surface area contributed by atoms with Gasteiger partial charge in [-0.25, -0.2) is 4.79 Å². The fourth-order valence-electron chi connectivity index (χ4n) is 3.20. The Morgan fingerprint density at radius 3 is 2.68 bits per heavy atom. The average Bonchev–Trinajstić information content (AvgIpc) is 2.98. The first kappa shape index (κ1) is 21.6. The highest BCUT2D eigenvalue weighted by atomic mass is 16.6. The molecule has 9 heteroatoms. The Bertz CT molecular complexity index is 805. The Morgan fingerprint density at radius 1 is 1.46 bits per heavy atom. The molecule has 1 unspecified atom stereocenters. The maximum absolute atomic E-state index is 12.2. The molecule has 1 aromatic rings. The lowest BCUT2D eigenvalue weighted by Gasteiger charge is -2.33. The van der Waals surface area contributed by atoms with Crippen LogP contribution in [0.1, 0.15) is 39.8 Å². The second kappa shape index (κ2) is 8.55. The number of esters is 2. The molecular formula is C19H27N3O6. The van der Waals surface area contributed by atoms with Crippen LogP contribution in [-0.4, -0.2) is 40.3 Å². The van der Waals surface area contributed by atoms with Crippen molar-refractivity contribution in [3.8, 4) is 0 Å². The molecule has 0 aliphatic carbocycles. The van der Waals surface area contributed by atoms with E-state index in [1.165, 1.54) is 30.0 Å². The van der Waals surface area contributed by atoms with Crippen molar-refractivity contribution in [1.82, 2.24) is 9.55 Å². The molecule has 0 spiro atoms. The molecule has 0 radical (unpaired) electrons. The topological polar surface area (TPSA) is 123 Å². The second-order valence-electron chi connectivity index (χ2n) is 7.22. The lowest BCUT2D eigenvalue weighted by atomic mass is 9.86. The van der Waals surface area contributed by atoms with Gasteiger partial charge in [-0.1, -0.05) is 26.8 Å². The van der Waals surface area contributed by atoms with E-state index in [0.717, 1.165) is 0 Å². The van der Waals surface area contributed by atoms with Crippen molar-refractivity contribution in [2.24, 2.45) is 11.8 Å². The lowest BCUT2D eigenvalue weighted by Crippen LogP contribution is -2.43. The van der Waals surface area contributed by atoms with E-state index in [1.54, 1.807) is 20.8 Å². The van der Waals surface area contributed by atoms with Crippen LogP contribution in [0.4, 0.5) is 5.82 Å². The number of aromatic nitrogens is 2. The Hall–Kier alpha value is -2.68. The molecule has 0 aromatic carbocycles. The first-order valence-corrected chi connectivity index (χ1v) is 9.08. The maximum atomic E-state index is 12.2. The minimum atomic E-state index is -1.16. The molecule has 2 N–H and O–H groups in total. The molecule has 0 saturated carbocycles. The van der Waals surface area contributed by atoms with Crippen molar-refractivity contribution in [3.63, 3.8) is 0 Å². The standard InChI is InChI=1S/C19H27N3O6/c1-6-19(10-12(4)17(24)26-5)13(27-16(23)11(2)3)9-15(28-19)22-8-7-14(20)21-18(22)25/h6-8,11-13,15H,1,9-10H2,2-5H3,(H2,20,21,25)/t12?,13-,15+,19-/m0/s1. The van der Waals surface area contributed by atoms with Crippen LogP contribution in [0.5, 0.6) is 0 Å². The van der Waals surface area contributed by atoms with Crippen LogP contribution in [0, 0.1) is 11.8 Å². The predicted molar refractivity (Wildman–Crippen MR) is 101 cm³/mol. The Kier molecular flexibility index (Phi) is 6.60. The zero-order chi connectivity index (χ0) is 21.1. The number of anilines is 1. The largest absolute Gasteiger partial charge is 0.469 e. The van der Waals surface area contributed by atoms with E-state index in [4.69, 9.17) is 19.9 Å². The minimum Gasteiger partial charge on any atom is -0.469 e. The molecule has 2 heterocycles. The molecular weight excluding hydrogens is 366 g/mol. The highest BCUT2D eigenvalue weighted by molar-refractivity contribution is 5.72. The highest BCUT2D eigenvalue weighted by Crippen LogP contribution is 2.43. The van der Waals surface area contributed by atoms with Crippen LogP contribution in [0.25, 0.3) is 0 Å². The summed E-state index contributed by atoms with van der Waals surface area (Å²) in [4.78, 5) is 40.1. The number of nitrogen functional groups attached to an aromatic ring is 1. The van der Waals surface area contributed by atoms with Gasteiger partial charge in [0.05, 0.1) is 18.9 Å². The van der Waals surface area contributed by atoms with Crippen molar-refractivity contribution < 1.29 is 23.8 Å². The lowest BCUT2D eigenvalue weighted by molar-refractivity contribution is -0.163. The van der Waals surface area contributed by atoms with E-state index in [2.05, 4.69) is 11.6 Å². The number of hydrogen-bond acceptors (Lipinski definition) is 8. The molecule has 1 aliphatic rings. The SMILES string of the molecule is C=C[C@@]1(CC(C)C(=O)OC)O[C@@H](n2ccc(N)nc2=O)C[C@@H]1OC(=O)C(C)C. The maximum Gasteiger partial charge on any atom is 0.351 e. The number of nitrogens with zero attached hydrogens (tertiary/aromatic N) is 2. The summed E-state index contributed by atoms with van der Waals surface area (Å²) in [6, 6.07) is 1.48. The zero-order valence-electron chi connectivity index (χ0n) is 16.6. The van der Waals surface area contributed by atoms with E-state index >= 15 is 0 Å². The normalized spacial score (nSPS) is 25.3. The van der Waals surface area contributed by atoms with Crippen LogP contribution >= 0.6 is 0 Å². The van der Waals surface area contributed by atoms with Crippen molar-refractivity contribution in [3.05, 3.63) is 35.4 Å². The third-order valence-corrected chi connectivity index (χ3v) is 4.78. The molecule has 1 aliphatic heterocycles. The van der Waals surface area contributed by atoms with E-state index < -0.39 is 41.5 Å². The number of methoxy groups -OCH3 is 1. The van der Waals surface area contributed by atoms with Crippen LogP contribution < -0.4 is 11.4 Å². The number of hydrogen-bond donors (Lipinski definition) is 1. The summed E-state index contributed by atoms with van der Waals surface area (Å²) < 4.78 is 17.9. The minimum absolute atomic E-state index is 0.0938. The Labute approximate surface area is 163 Å². The van der Waals surface area contributed by atoms with Gasteiger partial charge in [0.1, 0.15) is 23.8 Å². The molecule has 4 atom stereocenters. The fraction of sp³-hybridized carbons (Fsp3) is 0.579. The van der Waals surface area contributed by atoms with Gasteiger partial charge in [0.25, 0.3) is 0 Å². The van der Waals surface area contributed by atoms with E-state index in [-0.39, 0.29) is 24.6 Å². The van der Waals surface area contributed by atoms with E-state index in [0.29, 0.717) is 0 Å². The third kappa shape index (κ3) is 4.41. The van der Waals surface area contributed by atoms with Gasteiger partial charge in [-0.15, -0.1) is 6.58 Å². The highest BCUT2D eigenvalue weighted by Gasteiger charge is 2.51. The van der Waals surface area contributed by atoms with Gasteiger partial charge in [-0.2, -0.15) is 4.98 Å². The third-order valence-electron chi connectivity index (χ3n) is 4.78. The molecule has 1 aromatic heterocycles. The van der Waals surface area contributed by atoms with Gasteiger partial charge in [0, 0.05) is 12.6 Å². The van der Waals surface area contributed by atoms with Crippen molar-refractivity contribution in [2.75, 3.05) is 12.8 Å². The van der Waals surface area contributed by atoms with Crippen molar-refractivity contribution >= 4 is 17.8 Å². The molecule has 28 heavy (non-hydrogen) atoms. The summed E-state index contributed by atoms with van der Waals surface area (Å²) >= 11 is 0. The summed E-state index contributed by atoms with van der Waals surface area (Å²) in [6.45, 7) is 8.95. The number of nitrogens with two attached hydrogens (primary N) is 1. The molecule has 0 bridgehead atoms. The Balaban J connectivity index is 2.39. The second-order valence-corrected chi connectivity index (χ2v) is 7.22. The molecule has 1 fully saturated rings. The van der Waals surface area contributed by atoms with E-state index in [9.17, 15) is 14.4 Å². The number of ether oxygens (including phenoxy) is 3. The number of carbonyl (C=O) groups is 2. The van der Waals surface area contributed by atoms with Crippen LogP contribution in [0.3, 0.4) is 0 Å². The van der Waals surface area contributed by atoms with Gasteiger partial charge in [0.2, 0.25) is 0 Å². The average molecular weight is 393 g/mol. The summed E-state index contributed by atoms with van der Waals surface area (Å²) in [5.74, 6) is -1.62. The van der Waals surface area contributed by atoms with Gasteiger partial charge < -0.3 is 19.9 Å². The smallest absolute Gasteiger partial charge is 0.351 e. The van der Waals surface area contributed by atoms with Gasteiger partial charge in [0.15, 0.2) is 0 Å². The van der Waals surface area contributed by atoms with Crippen LogP contribution in [-0.2, 0) is 23.8 Å². The summed E-state index contributed by atoms with van der Waals surface area (Å²) in [5.41, 5.74) is 3.80. The molecule has 2 rings (SSSR count). The monoisotopic (exact) mass is 393 g/mol. The van der Waals surface area contributed by atoms with Crippen molar-refractivity contribution in [2.45, 2.75) is 51.5 Å². The van der Waals surface area contributed by atoms with Gasteiger partial charge in [-0.3, -0.25) is 14.2 Å². The van der Waals surface area contributed by atoms with Crippen LogP contribution in [0.2, 0.25) is 0 Å². The summed E-state index contributed by atoms with van der Waals surface area (Å²) in [6.07, 6.45) is 1.87. The van der Waals surface area contributed by atoms with Crippen LogP contribution in [0.15, 0.2) is 29.7 Å². The van der Waals surface area contributed by atoms with Crippen molar-refractivity contribution in [1.29, 1.82) is 0 Å².